The number of nitrogens with one attached hydrogen (secondary N) is 2. The van der Waals surface area contributed by atoms with Gasteiger partial charge in [-0.05, 0) is 29.6 Å². The van der Waals surface area contributed by atoms with E-state index in [2.05, 4.69) is 20.5 Å². The largest absolute Gasteiger partial charge is 0.490 e. The minimum atomic E-state index is -0.692. The lowest BCUT2D eigenvalue weighted by atomic mass is 10.2. The van der Waals surface area contributed by atoms with Gasteiger partial charge in [0.1, 0.15) is 5.69 Å². The van der Waals surface area contributed by atoms with Gasteiger partial charge in [0.15, 0.2) is 5.75 Å². The van der Waals surface area contributed by atoms with E-state index in [1.807, 2.05) is 11.4 Å². The average Bonchev–Trinajstić information content (AvgIpc) is 3.22. The summed E-state index contributed by atoms with van der Waals surface area (Å²) < 4.78 is 4.92. The Kier molecular flexibility index (Phi) is 5.56. The van der Waals surface area contributed by atoms with Crippen molar-refractivity contribution in [3.63, 3.8) is 0 Å². The Balaban J connectivity index is 1.77. The zero-order chi connectivity index (χ0) is 20.1. The fourth-order valence-corrected chi connectivity index (χ4v) is 2.99. The topological polar surface area (TPSA) is 140 Å². The lowest BCUT2D eigenvalue weighted by Crippen LogP contribution is -2.24. The van der Waals surface area contributed by atoms with Crippen molar-refractivity contribution >= 4 is 29.1 Å². The minimum Gasteiger partial charge on any atom is -0.490 e. The Labute approximate surface area is 161 Å². The number of benzene rings is 1. The number of methoxy groups -OCH3 is 1. The van der Waals surface area contributed by atoms with Gasteiger partial charge in [-0.2, -0.15) is 10.1 Å². The first kappa shape index (κ1) is 18.9. The second-order valence-electron chi connectivity index (χ2n) is 5.35. The molecule has 2 aromatic heterocycles. The predicted molar refractivity (Wildman–Crippen MR) is 103 cm³/mol. The molecule has 3 rings (SSSR count). The zero-order valence-corrected chi connectivity index (χ0v) is 15.2. The number of carbonyl (C=O) groups is 1. The average molecular weight is 399 g/mol. The molecule has 142 valence electrons. The molecule has 2 heterocycles. The van der Waals surface area contributed by atoms with E-state index in [-0.39, 0.29) is 17.1 Å². The molecular weight excluding hydrogens is 386 g/mol. The van der Waals surface area contributed by atoms with Crippen LogP contribution in [0.4, 0.5) is 5.69 Å². The molecular formula is C17H13N5O5S. The van der Waals surface area contributed by atoms with E-state index < -0.39 is 16.5 Å². The molecule has 0 fully saturated rings. The summed E-state index contributed by atoms with van der Waals surface area (Å²) in [5, 5.41) is 16.6. The lowest BCUT2D eigenvalue weighted by Gasteiger charge is -2.03. The Bertz CT molecular complexity index is 1110. The highest BCUT2D eigenvalue weighted by Crippen LogP contribution is 2.26. The highest BCUT2D eigenvalue weighted by molar-refractivity contribution is 7.13. The van der Waals surface area contributed by atoms with Crippen molar-refractivity contribution in [2.45, 2.75) is 0 Å². The number of nitrogens with zero attached hydrogens (tertiary/aromatic N) is 3. The highest BCUT2D eigenvalue weighted by Gasteiger charge is 2.15. The fourth-order valence-electron chi connectivity index (χ4n) is 2.29. The van der Waals surface area contributed by atoms with Gasteiger partial charge in [0.25, 0.3) is 5.91 Å². The smallest absolute Gasteiger partial charge is 0.346 e. The van der Waals surface area contributed by atoms with Crippen molar-refractivity contribution in [2.24, 2.45) is 5.10 Å². The van der Waals surface area contributed by atoms with Gasteiger partial charge in [-0.15, -0.1) is 11.3 Å². The molecule has 0 saturated heterocycles. The molecule has 28 heavy (non-hydrogen) atoms. The molecule has 0 saturated carbocycles. The molecule has 0 radical (unpaired) electrons. The molecule has 0 unspecified atom stereocenters. The highest BCUT2D eigenvalue weighted by atomic mass is 32.1. The van der Waals surface area contributed by atoms with E-state index in [0.29, 0.717) is 11.3 Å². The van der Waals surface area contributed by atoms with Gasteiger partial charge < -0.3 is 9.72 Å². The number of hydrazone groups is 1. The van der Waals surface area contributed by atoms with E-state index in [0.717, 1.165) is 4.88 Å². The van der Waals surface area contributed by atoms with Crippen LogP contribution in [0.3, 0.4) is 0 Å². The van der Waals surface area contributed by atoms with E-state index in [9.17, 15) is 19.7 Å². The summed E-state index contributed by atoms with van der Waals surface area (Å²) >= 11 is 1.40. The third-order valence-electron chi connectivity index (χ3n) is 3.54. The predicted octanol–water partition coefficient (Wildman–Crippen LogP) is 2.18. The summed E-state index contributed by atoms with van der Waals surface area (Å²) in [6, 6.07) is 9.28. The number of aromatic nitrogens is 2. The van der Waals surface area contributed by atoms with Crippen molar-refractivity contribution in [3.8, 4) is 16.3 Å². The molecule has 0 spiro atoms. The van der Waals surface area contributed by atoms with Crippen molar-refractivity contribution in [3.05, 3.63) is 73.6 Å². The molecule has 2 N–H and O–H groups in total. The van der Waals surface area contributed by atoms with Crippen molar-refractivity contribution < 1.29 is 14.5 Å². The first-order valence-corrected chi connectivity index (χ1v) is 8.67. The first-order valence-electron chi connectivity index (χ1n) is 7.79. The number of amides is 1. The monoisotopic (exact) mass is 399 g/mol. The summed E-state index contributed by atoms with van der Waals surface area (Å²) in [5.41, 5.74) is 2.10. The van der Waals surface area contributed by atoms with Gasteiger partial charge >= 0.3 is 11.4 Å². The number of H-pyrrole nitrogens is 1. The van der Waals surface area contributed by atoms with E-state index in [1.54, 1.807) is 12.1 Å². The number of aromatic amines is 1. The van der Waals surface area contributed by atoms with Crippen LogP contribution in [0.5, 0.6) is 5.75 Å². The van der Waals surface area contributed by atoms with E-state index >= 15 is 0 Å². The van der Waals surface area contributed by atoms with Crippen LogP contribution in [0.1, 0.15) is 16.1 Å². The molecule has 10 nitrogen and oxygen atoms in total. The molecule has 3 aromatic rings. The summed E-state index contributed by atoms with van der Waals surface area (Å²) in [6.45, 7) is 0. The molecule has 0 bridgehead atoms. The number of hydrogen-bond acceptors (Lipinski definition) is 8. The van der Waals surface area contributed by atoms with E-state index in [1.165, 1.54) is 42.9 Å². The fraction of sp³-hybridized carbons (Fsp3) is 0.0588. The number of rotatable bonds is 6. The van der Waals surface area contributed by atoms with Gasteiger partial charge in [-0.25, -0.2) is 10.2 Å². The number of nitro groups is 1. The number of carbonyl (C=O) groups excluding carboxylic acids is 1. The van der Waals surface area contributed by atoms with Gasteiger partial charge in [-0.1, -0.05) is 6.07 Å². The summed E-state index contributed by atoms with van der Waals surface area (Å²) in [5.74, 6) is -0.580. The molecule has 11 heteroatoms. The van der Waals surface area contributed by atoms with Crippen LogP contribution in [-0.2, 0) is 0 Å². The van der Waals surface area contributed by atoms with Crippen LogP contribution in [-0.4, -0.2) is 34.1 Å². The molecule has 0 atom stereocenters. The maximum absolute atomic E-state index is 12.2. The molecule has 0 aliphatic rings. The van der Waals surface area contributed by atoms with Gasteiger partial charge in [-0.3, -0.25) is 14.9 Å². The lowest BCUT2D eigenvalue weighted by molar-refractivity contribution is -0.385. The molecule has 1 aromatic carbocycles. The molecule has 0 aliphatic carbocycles. The van der Waals surface area contributed by atoms with Crippen LogP contribution in [0.15, 0.2) is 51.7 Å². The maximum atomic E-state index is 12.2. The van der Waals surface area contributed by atoms with Gasteiger partial charge in [0.2, 0.25) is 0 Å². The number of nitro benzene ring substituents is 1. The third-order valence-corrected chi connectivity index (χ3v) is 4.45. The summed E-state index contributed by atoms with van der Waals surface area (Å²) in [6.07, 6.45) is 1.23. The molecule has 1 amide bonds. The second-order valence-corrected chi connectivity index (χ2v) is 6.30. The standard InChI is InChI=1S/C17H13N5O5S/c1-27-14-5-4-10(7-13(14)22(25)26)9-18-21-16(23)12-8-11(19-17(24)20-12)15-3-2-6-28-15/h2-9H,1H3,(H,21,23)(H,19,20,24)/b18-9+. The van der Waals surface area contributed by atoms with Crippen LogP contribution in [0.25, 0.3) is 10.6 Å². The van der Waals surface area contributed by atoms with Crippen LogP contribution < -0.4 is 15.9 Å². The van der Waals surface area contributed by atoms with Gasteiger partial charge in [0.05, 0.1) is 28.8 Å². The summed E-state index contributed by atoms with van der Waals surface area (Å²) in [4.78, 5) is 41.4. The number of hydrogen-bond donors (Lipinski definition) is 2. The van der Waals surface area contributed by atoms with E-state index in [4.69, 9.17) is 4.74 Å². The van der Waals surface area contributed by atoms with Crippen LogP contribution in [0.2, 0.25) is 0 Å². The van der Waals surface area contributed by atoms with Crippen molar-refractivity contribution in [1.29, 1.82) is 0 Å². The van der Waals surface area contributed by atoms with Crippen LogP contribution >= 0.6 is 11.3 Å². The second kappa shape index (κ2) is 8.22. The third kappa shape index (κ3) is 4.27. The Morgan fingerprint density at radius 2 is 2.21 bits per heavy atom. The number of ether oxygens (including phenoxy) is 1. The minimum absolute atomic E-state index is 0.106. The quantitative estimate of drug-likeness (QED) is 0.370. The first-order chi connectivity index (χ1) is 13.5. The summed E-state index contributed by atoms with van der Waals surface area (Å²) in [7, 11) is 1.33. The Morgan fingerprint density at radius 3 is 2.89 bits per heavy atom. The van der Waals surface area contributed by atoms with Crippen molar-refractivity contribution in [2.75, 3.05) is 7.11 Å². The van der Waals surface area contributed by atoms with Crippen LogP contribution in [0, 0.1) is 10.1 Å². The Morgan fingerprint density at radius 1 is 1.39 bits per heavy atom. The maximum Gasteiger partial charge on any atom is 0.346 e. The number of thiophene rings is 1. The van der Waals surface area contributed by atoms with Crippen molar-refractivity contribution in [1.82, 2.24) is 15.4 Å². The normalized spacial score (nSPS) is 10.8. The molecule has 0 aliphatic heterocycles. The van der Waals surface area contributed by atoms with Gasteiger partial charge in [0, 0.05) is 11.6 Å². The SMILES string of the molecule is COc1ccc(/C=N/NC(=O)c2cc(-c3cccs3)[nH]c(=O)n2)cc1[N+](=O)[O-]. The zero-order valence-electron chi connectivity index (χ0n) is 14.4. The Hall–Kier alpha value is -3.86.